The van der Waals surface area contributed by atoms with Crippen LogP contribution >= 0.6 is 11.3 Å². The van der Waals surface area contributed by atoms with Gasteiger partial charge in [-0.1, -0.05) is 18.2 Å². The predicted octanol–water partition coefficient (Wildman–Crippen LogP) is 3.62. The summed E-state index contributed by atoms with van der Waals surface area (Å²) >= 11 is 1.53. The lowest BCUT2D eigenvalue weighted by Crippen LogP contribution is -2.39. The van der Waals surface area contributed by atoms with E-state index in [-0.39, 0.29) is 12.3 Å². The van der Waals surface area contributed by atoms with Crippen LogP contribution in [0.25, 0.3) is 10.1 Å². The molecule has 1 N–H and O–H groups in total. The molecule has 1 aliphatic rings. The highest BCUT2D eigenvalue weighted by atomic mass is 32.1. The van der Waals surface area contributed by atoms with Gasteiger partial charge in [-0.05, 0) is 42.7 Å². The third kappa shape index (κ3) is 3.30. The number of carbonyl (C=O) groups excluding carboxylic acids is 1. The van der Waals surface area contributed by atoms with Gasteiger partial charge in [0.15, 0.2) is 0 Å². The lowest BCUT2D eigenvalue weighted by atomic mass is 9.93. The van der Waals surface area contributed by atoms with Crippen LogP contribution in [0, 0.1) is 5.92 Å². The Hall–Kier alpha value is -1.88. The van der Waals surface area contributed by atoms with Crippen molar-refractivity contribution in [2.75, 3.05) is 13.1 Å². The zero-order valence-electron chi connectivity index (χ0n) is 12.3. The third-order valence-electron chi connectivity index (χ3n) is 4.21. The molecule has 0 aliphatic carbocycles. The number of carboxylic acid groups (broad SMARTS) is 1. The van der Waals surface area contributed by atoms with Crippen molar-refractivity contribution in [2.24, 2.45) is 5.92 Å². The van der Waals surface area contributed by atoms with Crippen LogP contribution in [0.5, 0.6) is 0 Å². The van der Waals surface area contributed by atoms with E-state index < -0.39 is 5.97 Å². The van der Waals surface area contributed by atoms with E-state index in [9.17, 15) is 9.59 Å². The molecule has 5 heteroatoms. The standard InChI is InChI=1S/C17H19NO3S/c19-16(20)8-7-12-4-3-9-18(11-12)17(21)15-10-13-5-1-2-6-14(13)22-15/h1-2,5-6,10,12H,3-4,7-9,11H2,(H,19,20)/t12-/m0/s1. The Morgan fingerprint density at radius 3 is 2.91 bits per heavy atom. The molecule has 2 aromatic rings. The molecule has 1 fully saturated rings. The lowest BCUT2D eigenvalue weighted by molar-refractivity contribution is -0.137. The molecular weight excluding hydrogens is 298 g/mol. The normalized spacial score (nSPS) is 18.5. The summed E-state index contributed by atoms with van der Waals surface area (Å²) in [6, 6.07) is 9.97. The van der Waals surface area contributed by atoms with Crippen LogP contribution in [-0.4, -0.2) is 35.0 Å². The minimum Gasteiger partial charge on any atom is -0.481 e. The Morgan fingerprint density at radius 1 is 1.32 bits per heavy atom. The predicted molar refractivity (Wildman–Crippen MR) is 87.3 cm³/mol. The molecule has 0 unspecified atom stereocenters. The van der Waals surface area contributed by atoms with Gasteiger partial charge in [-0.25, -0.2) is 0 Å². The topological polar surface area (TPSA) is 57.6 Å². The third-order valence-corrected chi connectivity index (χ3v) is 5.31. The molecule has 1 atom stereocenters. The molecule has 22 heavy (non-hydrogen) atoms. The minimum absolute atomic E-state index is 0.0845. The molecule has 1 aromatic heterocycles. The molecule has 1 amide bonds. The first-order valence-corrected chi connectivity index (χ1v) is 8.45. The van der Waals surface area contributed by atoms with Crippen molar-refractivity contribution in [1.29, 1.82) is 0 Å². The van der Waals surface area contributed by atoms with Gasteiger partial charge < -0.3 is 10.0 Å². The van der Waals surface area contributed by atoms with E-state index in [1.807, 2.05) is 35.2 Å². The maximum absolute atomic E-state index is 12.7. The van der Waals surface area contributed by atoms with E-state index in [2.05, 4.69) is 0 Å². The second-order valence-electron chi connectivity index (χ2n) is 5.84. The minimum atomic E-state index is -0.757. The number of piperidine rings is 1. The van der Waals surface area contributed by atoms with E-state index >= 15 is 0 Å². The molecular formula is C17H19NO3S. The van der Waals surface area contributed by atoms with Gasteiger partial charge in [0.05, 0.1) is 4.88 Å². The number of rotatable bonds is 4. The summed E-state index contributed by atoms with van der Waals surface area (Å²) in [6.45, 7) is 1.46. The Balaban J connectivity index is 1.69. The molecule has 0 saturated carbocycles. The fourth-order valence-corrected chi connectivity index (χ4v) is 4.09. The number of carboxylic acids is 1. The quantitative estimate of drug-likeness (QED) is 0.937. The zero-order chi connectivity index (χ0) is 15.5. The van der Waals surface area contributed by atoms with Crippen molar-refractivity contribution in [2.45, 2.75) is 25.7 Å². The number of amides is 1. The van der Waals surface area contributed by atoms with Crippen LogP contribution in [-0.2, 0) is 4.79 Å². The number of carbonyl (C=O) groups is 2. The first-order chi connectivity index (χ1) is 10.6. The maximum atomic E-state index is 12.7. The van der Waals surface area contributed by atoms with Crippen LogP contribution in [0.1, 0.15) is 35.4 Å². The highest BCUT2D eigenvalue weighted by Crippen LogP contribution is 2.28. The van der Waals surface area contributed by atoms with Gasteiger partial charge in [0.2, 0.25) is 0 Å². The van der Waals surface area contributed by atoms with Gasteiger partial charge in [-0.15, -0.1) is 11.3 Å². The van der Waals surface area contributed by atoms with Gasteiger partial charge in [0.1, 0.15) is 0 Å². The molecule has 1 aliphatic heterocycles. The van der Waals surface area contributed by atoms with Crippen LogP contribution in [0.2, 0.25) is 0 Å². The Morgan fingerprint density at radius 2 is 2.14 bits per heavy atom. The molecule has 0 radical (unpaired) electrons. The van der Waals surface area contributed by atoms with Crippen molar-refractivity contribution < 1.29 is 14.7 Å². The number of hydrogen-bond acceptors (Lipinski definition) is 3. The smallest absolute Gasteiger partial charge is 0.303 e. The Labute approximate surface area is 133 Å². The number of benzene rings is 1. The first kappa shape index (κ1) is 15.0. The molecule has 4 nitrogen and oxygen atoms in total. The van der Waals surface area contributed by atoms with Crippen molar-refractivity contribution >= 4 is 33.3 Å². The average Bonchev–Trinajstić information content (AvgIpc) is 2.96. The average molecular weight is 317 g/mol. The number of thiophene rings is 1. The van der Waals surface area contributed by atoms with Gasteiger partial charge in [-0.2, -0.15) is 0 Å². The van der Waals surface area contributed by atoms with E-state index in [0.29, 0.717) is 18.9 Å². The SMILES string of the molecule is O=C(O)CC[C@@H]1CCCN(C(=O)c2cc3ccccc3s2)C1. The van der Waals surface area contributed by atoms with Gasteiger partial charge in [0.25, 0.3) is 5.91 Å². The zero-order valence-corrected chi connectivity index (χ0v) is 13.1. The summed E-state index contributed by atoms with van der Waals surface area (Å²) in [5.41, 5.74) is 0. The summed E-state index contributed by atoms with van der Waals surface area (Å²) < 4.78 is 1.13. The second kappa shape index (κ2) is 6.48. The molecule has 1 saturated heterocycles. The van der Waals surface area contributed by atoms with E-state index in [1.165, 1.54) is 11.3 Å². The highest BCUT2D eigenvalue weighted by Gasteiger charge is 2.25. The molecule has 3 rings (SSSR count). The van der Waals surface area contributed by atoms with Crippen molar-refractivity contribution in [3.63, 3.8) is 0 Å². The molecule has 1 aromatic carbocycles. The van der Waals surface area contributed by atoms with Crippen LogP contribution in [0.4, 0.5) is 0 Å². The van der Waals surface area contributed by atoms with Crippen molar-refractivity contribution in [3.8, 4) is 0 Å². The van der Waals surface area contributed by atoms with E-state index in [4.69, 9.17) is 5.11 Å². The highest BCUT2D eigenvalue weighted by molar-refractivity contribution is 7.20. The second-order valence-corrected chi connectivity index (χ2v) is 6.92. The Bertz CT molecular complexity index is 661. The number of likely N-dealkylation sites (tertiary alicyclic amines) is 1. The van der Waals surface area contributed by atoms with Crippen LogP contribution < -0.4 is 0 Å². The summed E-state index contributed by atoms with van der Waals surface area (Å²) in [5.74, 6) is -0.364. The summed E-state index contributed by atoms with van der Waals surface area (Å²) in [4.78, 5) is 26.0. The summed E-state index contributed by atoms with van der Waals surface area (Å²) in [7, 11) is 0. The fraction of sp³-hybridized carbons (Fsp3) is 0.412. The molecule has 0 spiro atoms. The number of fused-ring (bicyclic) bond motifs is 1. The van der Waals surface area contributed by atoms with Gasteiger partial charge in [0, 0.05) is 24.2 Å². The maximum Gasteiger partial charge on any atom is 0.303 e. The van der Waals surface area contributed by atoms with Crippen LogP contribution in [0.15, 0.2) is 30.3 Å². The molecule has 2 heterocycles. The van der Waals surface area contributed by atoms with Crippen molar-refractivity contribution in [3.05, 3.63) is 35.2 Å². The largest absolute Gasteiger partial charge is 0.481 e. The first-order valence-electron chi connectivity index (χ1n) is 7.63. The number of nitrogens with zero attached hydrogens (tertiary/aromatic N) is 1. The van der Waals surface area contributed by atoms with Crippen molar-refractivity contribution in [1.82, 2.24) is 4.90 Å². The lowest BCUT2D eigenvalue weighted by Gasteiger charge is -2.32. The van der Waals surface area contributed by atoms with Crippen LogP contribution in [0.3, 0.4) is 0 Å². The summed E-state index contributed by atoms with van der Waals surface area (Å²) in [6.07, 6.45) is 2.82. The fourth-order valence-electron chi connectivity index (χ4n) is 3.06. The number of aliphatic carboxylic acids is 1. The number of hydrogen-bond donors (Lipinski definition) is 1. The van der Waals surface area contributed by atoms with E-state index in [0.717, 1.165) is 34.3 Å². The van der Waals surface area contributed by atoms with Gasteiger partial charge in [-0.3, -0.25) is 9.59 Å². The molecule has 0 bridgehead atoms. The molecule has 116 valence electrons. The summed E-state index contributed by atoms with van der Waals surface area (Å²) in [5, 5.41) is 9.91. The Kier molecular flexibility index (Phi) is 4.43. The van der Waals surface area contributed by atoms with E-state index in [1.54, 1.807) is 0 Å². The van der Waals surface area contributed by atoms with Gasteiger partial charge >= 0.3 is 5.97 Å². The monoisotopic (exact) mass is 317 g/mol.